The van der Waals surface area contributed by atoms with Crippen molar-refractivity contribution in [2.75, 3.05) is 12.3 Å². The molecule has 0 saturated carbocycles. The van der Waals surface area contributed by atoms with E-state index in [-0.39, 0.29) is 0 Å². The molecule has 0 saturated heterocycles. The lowest BCUT2D eigenvalue weighted by Gasteiger charge is -2.10. The van der Waals surface area contributed by atoms with Gasteiger partial charge in [0.1, 0.15) is 5.75 Å². The molecule has 0 atom stereocenters. The van der Waals surface area contributed by atoms with Crippen LogP contribution >= 0.6 is 27.7 Å². The number of fused-ring (bicyclic) bond motifs is 1. The number of nitrogen functional groups attached to an aromatic ring is 1. The Kier molecular flexibility index (Phi) is 3.94. The van der Waals surface area contributed by atoms with Crippen LogP contribution in [0.5, 0.6) is 5.75 Å². The monoisotopic (exact) mass is 349 g/mol. The van der Waals surface area contributed by atoms with Gasteiger partial charge in [-0.2, -0.15) is 0 Å². The summed E-state index contributed by atoms with van der Waals surface area (Å²) in [5.41, 5.74) is 10.4. The third-order valence-electron chi connectivity index (χ3n) is 3.46. The number of anilines is 1. The maximum atomic E-state index is 5.85. The third kappa shape index (κ3) is 2.81. The first-order chi connectivity index (χ1) is 9.63. The van der Waals surface area contributed by atoms with Crippen molar-refractivity contribution < 1.29 is 4.74 Å². The minimum Gasteiger partial charge on any atom is -0.493 e. The van der Waals surface area contributed by atoms with E-state index in [9.17, 15) is 0 Å². The van der Waals surface area contributed by atoms with Crippen LogP contribution in [0.4, 0.5) is 5.69 Å². The fraction of sp³-hybridized carbons (Fsp3) is 0.250. The van der Waals surface area contributed by atoms with Gasteiger partial charge in [0, 0.05) is 32.8 Å². The smallest absolute Gasteiger partial charge is 0.126 e. The summed E-state index contributed by atoms with van der Waals surface area (Å²) in [6.07, 6.45) is 1.01. The van der Waals surface area contributed by atoms with E-state index < -0.39 is 0 Å². The molecule has 1 aliphatic heterocycles. The van der Waals surface area contributed by atoms with Crippen molar-refractivity contribution in [2.45, 2.75) is 24.0 Å². The second-order valence-corrected chi connectivity index (χ2v) is 6.92. The Morgan fingerprint density at radius 2 is 2.15 bits per heavy atom. The highest BCUT2D eigenvalue weighted by molar-refractivity contribution is 9.10. The second kappa shape index (κ2) is 5.70. The van der Waals surface area contributed by atoms with Gasteiger partial charge in [0.2, 0.25) is 0 Å². The van der Waals surface area contributed by atoms with Crippen LogP contribution in [0, 0.1) is 6.92 Å². The first-order valence-corrected chi connectivity index (χ1v) is 8.34. The molecule has 2 N–H and O–H groups in total. The average Bonchev–Trinajstić information content (AvgIpc) is 2.88. The Morgan fingerprint density at radius 3 is 2.95 bits per heavy atom. The summed E-state index contributed by atoms with van der Waals surface area (Å²) in [7, 11) is 0. The van der Waals surface area contributed by atoms with Crippen LogP contribution in [-0.4, -0.2) is 6.61 Å². The molecule has 0 unspecified atom stereocenters. The number of rotatable bonds is 3. The molecule has 1 heterocycles. The molecular weight excluding hydrogens is 334 g/mol. The topological polar surface area (TPSA) is 35.2 Å². The van der Waals surface area contributed by atoms with Crippen LogP contribution in [-0.2, 0) is 12.2 Å². The van der Waals surface area contributed by atoms with Gasteiger partial charge in [-0.1, -0.05) is 15.9 Å². The Bertz CT molecular complexity index is 657. The number of halogens is 1. The molecule has 20 heavy (non-hydrogen) atoms. The van der Waals surface area contributed by atoms with E-state index in [0.29, 0.717) is 0 Å². The Hall–Kier alpha value is -1.13. The molecule has 2 aromatic rings. The van der Waals surface area contributed by atoms with E-state index in [4.69, 9.17) is 10.5 Å². The van der Waals surface area contributed by atoms with Crippen LogP contribution in [0.15, 0.2) is 39.7 Å². The normalized spacial score (nSPS) is 13.1. The maximum Gasteiger partial charge on any atom is 0.126 e. The summed E-state index contributed by atoms with van der Waals surface area (Å²) in [5.74, 6) is 1.98. The number of nitrogens with two attached hydrogens (primary N) is 1. The van der Waals surface area contributed by atoms with Crippen molar-refractivity contribution in [3.05, 3.63) is 51.5 Å². The number of ether oxygens (including phenoxy) is 1. The van der Waals surface area contributed by atoms with E-state index in [0.717, 1.165) is 40.3 Å². The quantitative estimate of drug-likeness (QED) is 0.651. The zero-order valence-electron chi connectivity index (χ0n) is 11.3. The van der Waals surface area contributed by atoms with Crippen molar-refractivity contribution in [3.63, 3.8) is 0 Å². The van der Waals surface area contributed by atoms with Gasteiger partial charge in [-0.05, 0) is 48.4 Å². The summed E-state index contributed by atoms with van der Waals surface area (Å²) in [6.45, 7) is 2.84. The lowest BCUT2D eigenvalue weighted by molar-refractivity contribution is 0.354. The van der Waals surface area contributed by atoms with Gasteiger partial charge in [0.25, 0.3) is 0 Å². The van der Waals surface area contributed by atoms with Crippen LogP contribution < -0.4 is 10.5 Å². The standard InChI is InChI=1S/C16H16BrNOS/c1-10-6-14(2-3-15(10)18)20-9-12-8-13(17)7-11-4-5-19-16(11)12/h2-3,6-8H,4-5,9,18H2,1H3. The second-order valence-electron chi connectivity index (χ2n) is 4.96. The van der Waals surface area contributed by atoms with Crippen LogP contribution in [0.25, 0.3) is 0 Å². The molecule has 2 nitrogen and oxygen atoms in total. The molecule has 0 aliphatic carbocycles. The Labute approximate surface area is 131 Å². The van der Waals surface area contributed by atoms with Crippen LogP contribution in [0.2, 0.25) is 0 Å². The van der Waals surface area contributed by atoms with Gasteiger partial charge < -0.3 is 10.5 Å². The zero-order chi connectivity index (χ0) is 14.1. The summed E-state index contributed by atoms with van der Waals surface area (Å²) in [4.78, 5) is 1.24. The predicted octanol–water partition coefficient (Wildman–Crippen LogP) is 4.57. The van der Waals surface area contributed by atoms with E-state index >= 15 is 0 Å². The molecule has 0 radical (unpaired) electrons. The van der Waals surface area contributed by atoms with E-state index in [1.165, 1.54) is 16.0 Å². The lowest BCUT2D eigenvalue weighted by atomic mass is 10.1. The van der Waals surface area contributed by atoms with Crippen molar-refractivity contribution in [1.82, 2.24) is 0 Å². The molecule has 0 aromatic heterocycles. The van der Waals surface area contributed by atoms with Gasteiger partial charge >= 0.3 is 0 Å². The van der Waals surface area contributed by atoms with Crippen molar-refractivity contribution in [3.8, 4) is 5.75 Å². The molecule has 0 spiro atoms. The summed E-state index contributed by atoms with van der Waals surface area (Å²) < 4.78 is 6.89. The number of benzene rings is 2. The van der Waals surface area contributed by atoms with Gasteiger partial charge in [-0.3, -0.25) is 0 Å². The third-order valence-corrected chi connectivity index (χ3v) is 4.96. The fourth-order valence-corrected chi connectivity index (χ4v) is 3.87. The van der Waals surface area contributed by atoms with Gasteiger partial charge in [0.05, 0.1) is 6.61 Å². The highest BCUT2D eigenvalue weighted by Gasteiger charge is 2.17. The van der Waals surface area contributed by atoms with Gasteiger partial charge in [-0.15, -0.1) is 11.8 Å². The number of hydrogen-bond donors (Lipinski definition) is 1. The van der Waals surface area contributed by atoms with Crippen molar-refractivity contribution in [2.24, 2.45) is 0 Å². The first kappa shape index (κ1) is 13.8. The first-order valence-electron chi connectivity index (χ1n) is 6.56. The van der Waals surface area contributed by atoms with E-state index in [1.54, 1.807) is 0 Å². The molecule has 3 rings (SSSR count). The number of hydrogen-bond acceptors (Lipinski definition) is 3. The van der Waals surface area contributed by atoms with Gasteiger partial charge in [-0.25, -0.2) is 0 Å². The molecule has 2 aromatic carbocycles. The molecule has 0 bridgehead atoms. The average molecular weight is 350 g/mol. The SMILES string of the molecule is Cc1cc(SCc2cc(Br)cc3c2OCC3)ccc1N. The van der Waals surface area contributed by atoms with Crippen molar-refractivity contribution in [1.29, 1.82) is 0 Å². The molecule has 104 valence electrons. The van der Waals surface area contributed by atoms with Crippen LogP contribution in [0.1, 0.15) is 16.7 Å². The Balaban J connectivity index is 1.80. The van der Waals surface area contributed by atoms with E-state index in [2.05, 4.69) is 40.2 Å². The van der Waals surface area contributed by atoms with Crippen molar-refractivity contribution >= 4 is 33.4 Å². The van der Waals surface area contributed by atoms with E-state index in [1.807, 2.05) is 24.8 Å². The molecule has 0 fully saturated rings. The van der Waals surface area contributed by atoms with Gasteiger partial charge in [0.15, 0.2) is 0 Å². The minimum absolute atomic E-state index is 0.796. The number of thioether (sulfide) groups is 1. The largest absolute Gasteiger partial charge is 0.493 e. The summed E-state index contributed by atoms with van der Waals surface area (Å²) >= 11 is 5.40. The highest BCUT2D eigenvalue weighted by Crippen LogP contribution is 2.36. The summed E-state index contributed by atoms with van der Waals surface area (Å²) in [5, 5.41) is 0. The predicted molar refractivity (Wildman–Crippen MR) is 88.5 cm³/mol. The molecule has 0 amide bonds. The number of aryl methyl sites for hydroxylation is 1. The molecular formula is C16H16BrNOS. The van der Waals surface area contributed by atoms with Crippen LogP contribution in [0.3, 0.4) is 0 Å². The zero-order valence-corrected chi connectivity index (χ0v) is 13.7. The summed E-state index contributed by atoms with van der Waals surface area (Å²) in [6, 6.07) is 10.5. The maximum absolute atomic E-state index is 5.85. The highest BCUT2D eigenvalue weighted by atomic mass is 79.9. The minimum atomic E-state index is 0.796. The Morgan fingerprint density at radius 1 is 1.30 bits per heavy atom. The fourth-order valence-electron chi connectivity index (χ4n) is 2.35. The molecule has 1 aliphatic rings. The molecule has 4 heteroatoms. The lowest BCUT2D eigenvalue weighted by Crippen LogP contribution is -1.92.